The van der Waals surface area contributed by atoms with Crippen molar-refractivity contribution >= 4 is 22.6 Å². The zero-order valence-electron chi connectivity index (χ0n) is 12.0. The van der Waals surface area contributed by atoms with Crippen LogP contribution in [0.1, 0.15) is 36.5 Å². The molecule has 0 amide bonds. The molecule has 1 heterocycles. The third kappa shape index (κ3) is 3.83. The second-order valence-corrected chi connectivity index (χ2v) is 7.25. The number of nitrogens with zero attached hydrogens (tertiary/aromatic N) is 1. The van der Waals surface area contributed by atoms with Gasteiger partial charge in [-0.3, -0.25) is 4.98 Å². The summed E-state index contributed by atoms with van der Waals surface area (Å²) in [6.45, 7) is 0. The molecular weight excluding hydrogens is 373 g/mol. The first-order valence-electron chi connectivity index (χ1n) is 7.55. The first-order chi connectivity index (χ1) is 10.2. The highest BCUT2D eigenvalue weighted by Crippen LogP contribution is 2.40. The van der Waals surface area contributed by atoms with E-state index < -0.39 is 0 Å². The van der Waals surface area contributed by atoms with E-state index in [0.717, 1.165) is 24.8 Å². The molecule has 0 aliphatic heterocycles. The van der Waals surface area contributed by atoms with Crippen LogP contribution in [0.2, 0.25) is 0 Å². The highest BCUT2D eigenvalue weighted by molar-refractivity contribution is 14.1. The molecule has 3 atom stereocenters. The molecule has 0 spiro atoms. The molecule has 2 aromatic rings. The molecule has 1 saturated carbocycles. The van der Waals surface area contributed by atoms with Crippen LogP contribution in [0.3, 0.4) is 0 Å². The predicted molar refractivity (Wildman–Crippen MR) is 92.9 cm³/mol. The van der Waals surface area contributed by atoms with E-state index in [4.69, 9.17) is 0 Å². The number of aliphatic hydroxyl groups is 1. The van der Waals surface area contributed by atoms with Gasteiger partial charge in [0.15, 0.2) is 0 Å². The van der Waals surface area contributed by atoms with Crippen molar-refractivity contribution < 1.29 is 5.11 Å². The molecule has 0 radical (unpaired) electrons. The molecule has 0 saturated heterocycles. The Hall–Kier alpha value is -0.940. The van der Waals surface area contributed by atoms with Crippen LogP contribution in [0.25, 0.3) is 0 Å². The van der Waals surface area contributed by atoms with Gasteiger partial charge in [-0.1, -0.05) is 18.2 Å². The minimum absolute atomic E-state index is 0.361. The first kappa shape index (κ1) is 15.0. The molecule has 3 heteroatoms. The minimum atomic E-state index is -0.361. The van der Waals surface area contributed by atoms with Crippen LogP contribution in [0, 0.1) is 15.4 Å². The topological polar surface area (TPSA) is 33.1 Å². The molecule has 1 aliphatic rings. The summed E-state index contributed by atoms with van der Waals surface area (Å²) in [6.07, 6.45) is 7.76. The number of aromatic nitrogens is 1. The van der Waals surface area contributed by atoms with Gasteiger partial charge in [0.25, 0.3) is 0 Å². The van der Waals surface area contributed by atoms with Crippen molar-refractivity contribution in [3.63, 3.8) is 0 Å². The fourth-order valence-electron chi connectivity index (χ4n) is 3.36. The minimum Gasteiger partial charge on any atom is -0.388 e. The molecule has 1 N–H and O–H groups in total. The summed E-state index contributed by atoms with van der Waals surface area (Å²) >= 11 is 2.34. The second-order valence-electron chi connectivity index (χ2n) is 6.00. The summed E-state index contributed by atoms with van der Waals surface area (Å²) in [5, 5.41) is 10.5. The predicted octanol–water partition coefficient (Wildman–Crippen LogP) is 4.38. The van der Waals surface area contributed by atoms with Crippen LogP contribution in [0.4, 0.5) is 0 Å². The summed E-state index contributed by atoms with van der Waals surface area (Å²) in [4.78, 5) is 4.11. The fraction of sp³-hybridized carbons (Fsp3) is 0.389. The first-order valence-corrected chi connectivity index (χ1v) is 8.62. The molecule has 1 fully saturated rings. The van der Waals surface area contributed by atoms with Crippen molar-refractivity contribution in [1.82, 2.24) is 4.98 Å². The van der Waals surface area contributed by atoms with Gasteiger partial charge in [0.1, 0.15) is 0 Å². The van der Waals surface area contributed by atoms with Gasteiger partial charge >= 0.3 is 0 Å². The quantitative estimate of drug-likeness (QED) is 0.783. The Labute approximate surface area is 139 Å². The summed E-state index contributed by atoms with van der Waals surface area (Å²) in [5.74, 6) is 1.07. The van der Waals surface area contributed by atoms with Crippen LogP contribution >= 0.6 is 22.6 Å². The molecule has 2 nitrogen and oxygen atoms in total. The molecule has 0 bridgehead atoms. The molecule has 1 aliphatic carbocycles. The monoisotopic (exact) mass is 393 g/mol. The third-order valence-electron chi connectivity index (χ3n) is 4.49. The van der Waals surface area contributed by atoms with Crippen LogP contribution < -0.4 is 0 Å². The molecule has 21 heavy (non-hydrogen) atoms. The van der Waals surface area contributed by atoms with E-state index in [1.165, 1.54) is 15.6 Å². The van der Waals surface area contributed by atoms with Gasteiger partial charge in [0.05, 0.1) is 6.10 Å². The van der Waals surface area contributed by atoms with Gasteiger partial charge in [-0.15, -0.1) is 0 Å². The van der Waals surface area contributed by atoms with E-state index in [1.54, 1.807) is 12.4 Å². The second kappa shape index (κ2) is 6.88. The zero-order chi connectivity index (χ0) is 14.7. The number of benzene rings is 1. The number of hydrogen-bond acceptors (Lipinski definition) is 2. The Bertz CT molecular complexity index is 570. The van der Waals surface area contributed by atoms with Crippen LogP contribution in [0.15, 0.2) is 48.8 Å². The number of aliphatic hydroxyl groups excluding tert-OH is 1. The summed E-state index contributed by atoms with van der Waals surface area (Å²) in [6, 6.07) is 12.7. The molecule has 3 rings (SSSR count). The highest BCUT2D eigenvalue weighted by Gasteiger charge is 2.30. The maximum absolute atomic E-state index is 10.5. The molecule has 110 valence electrons. The van der Waals surface area contributed by atoms with Crippen LogP contribution in [-0.4, -0.2) is 10.1 Å². The number of halogens is 1. The van der Waals surface area contributed by atoms with Crippen molar-refractivity contribution in [2.24, 2.45) is 11.8 Å². The lowest BCUT2D eigenvalue weighted by Gasteiger charge is -2.18. The van der Waals surface area contributed by atoms with Gasteiger partial charge in [0.2, 0.25) is 0 Å². The van der Waals surface area contributed by atoms with E-state index in [1.807, 2.05) is 12.1 Å². The Morgan fingerprint density at radius 1 is 1.19 bits per heavy atom. The lowest BCUT2D eigenvalue weighted by molar-refractivity contribution is 0.109. The van der Waals surface area contributed by atoms with Gasteiger partial charge < -0.3 is 5.11 Å². The molecule has 1 unspecified atom stereocenters. The normalized spacial score (nSPS) is 23.1. The van der Waals surface area contributed by atoms with Crippen LogP contribution in [-0.2, 0) is 6.42 Å². The van der Waals surface area contributed by atoms with Gasteiger partial charge in [-0.05, 0) is 89.4 Å². The van der Waals surface area contributed by atoms with Crippen molar-refractivity contribution in [2.75, 3.05) is 0 Å². The maximum atomic E-state index is 10.5. The van der Waals surface area contributed by atoms with Crippen molar-refractivity contribution in [3.05, 3.63) is 63.5 Å². The van der Waals surface area contributed by atoms with E-state index in [-0.39, 0.29) is 6.10 Å². The zero-order valence-corrected chi connectivity index (χ0v) is 14.1. The third-order valence-corrected chi connectivity index (χ3v) is 5.21. The molecular formula is C18H20INO. The largest absolute Gasteiger partial charge is 0.388 e. The number of pyridine rings is 1. The summed E-state index contributed by atoms with van der Waals surface area (Å²) < 4.78 is 1.28. The smallest absolute Gasteiger partial charge is 0.0833 e. The Balaban J connectivity index is 1.59. The van der Waals surface area contributed by atoms with Crippen molar-refractivity contribution in [3.8, 4) is 0 Å². The lowest BCUT2D eigenvalue weighted by atomic mass is 9.92. The highest BCUT2D eigenvalue weighted by atomic mass is 127. The fourth-order valence-corrected chi connectivity index (χ4v) is 3.72. The Kier molecular flexibility index (Phi) is 4.91. The van der Waals surface area contributed by atoms with E-state index in [0.29, 0.717) is 11.8 Å². The molecule has 1 aromatic heterocycles. The van der Waals surface area contributed by atoms with Crippen molar-refractivity contribution in [2.45, 2.75) is 31.8 Å². The van der Waals surface area contributed by atoms with Gasteiger partial charge in [0, 0.05) is 16.0 Å². The Morgan fingerprint density at radius 3 is 2.71 bits per heavy atom. The van der Waals surface area contributed by atoms with Crippen LogP contribution in [0.5, 0.6) is 0 Å². The SMILES string of the molecule is O[C@H](c1cccnc1)[C@H]1CCC(Cc2ccc(I)cc2)C1. The average molecular weight is 393 g/mol. The maximum Gasteiger partial charge on any atom is 0.0833 e. The Morgan fingerprint density at radius 2 is 2.00 bits per heavy atom. The summed E-state index contributed by atoms with van der Waals surface area (Å²) in [7, 11) is 0. The van der Waals surface area contributed by atoms with Gasteiger partial charge in [-0.25, -0.2) is 0 Å². The van der Waals surface area contributed by atoms with E-state index in [9.17, 15) is 5.11 Å². The molecule has 1 aromatic carbocycles. The van der Waals surface area contributed by atoms with Crippen molar-refractivity contribution in [1.29, 1.82) is 0 Å². The lowest BCUT2D eigenvalue weighted by Crippen LogP contribution is -2.10. The average Bonchev–Trinajstić information content (AvgIpc) is 2.98. The summed E-state index contributed by atoms with van der Waals surface area (Å²) in [5.41, 5.74) is 2.37. The number of rotatable bonds is 4. The standard InChI is InChI=1S/C18H20INO/c19-17-7-4-13(5-8-17)10-14-3-6-15(11-14)18(21)16-2-1-9-20-12-16/h1-2,4-5,7-9,12,14-15,18,21H,3,6,10-11H2/t14?,15-,18-/m0/s1. The van der Waals surface area contributed by atoms with E-state index in [2.05, 4.69) is 51.8 Å². The van der Waals surface area contributed by atoms with E-state index >= 15 is 0 Å². The number of hydrogen-bond donors (Lipinski definition) is 1. The van der Waals surface area contributed by atoms with Gasteiger partial charge in [-0.2, -0.15) is 0 Å².